The van der Waals surface area contributed by atoms with E-state index in [-0.39, 0.29) is 83.7 Å². The number of nitrogens with zero attached hydrogens (tertiary/aromatic N) is 3. The van der Waals surface area contributed by atoms with Crippen LogP contribution in [-0.4, -0.2) is 91.5 Å². The Morgan fingerprint density at radius 3 is 1.05 bits per heavy atom. The number of carbonyl (C=O) groups is 11. The second-order valence-corrected chi connectivity index (χ2v) is 20.5. The lowest BCUT2D eigenvalue weighted by Crippen LogP contribution is -2.44. The summed E-state index contributed by atoms with van der Waals surface area (Å²) < 4.78 is 21.8. The van der Waals surface area contributed by atoms with Crippen LogP contribution in [0.3, 0.4) is 0 Å². The molecule has 0 saturated heterocycles. The molecule has 18 heteroatoms. The molecule has 0 aromatic heterocycles. The van der Waals surface area contributed by atoms with Crippen molar-refractivity contribution in [3.8, 4) is 0 Å². The molecule has 0 radical (unpaired) electrons. The van der Waals surface area contributed by atoms with Crippen molar-refractivity contribution >= 4 is 82.2 Å². The normalized spacial score (nSPS) is 13.6. The molecule has 0 aliphatic carbocycles. The lowest BCUT2D eigenvalue weighted by atomic mass is 9.92. The van der Waals surface area contributed by atoms with Crippen LogP contribution >= 0.6 is 0 Å². The van der Waals surface area contributed by atoms with E-state index in [0.717, 1.165) is 43.0 Å². The second kappa shape index (κ2) is 21.3. The van der Waals surface area contributed by atoms with E-state index >= 15 is 0 Å². The zero-order valence-electron chi connectivity index (χ0n) is 45.8. The molecular weight excluding hydrogens is 1030 g/mol. The number of anilines is 3. The van der Waals surface area contributed by atoms with Crippen molar-refractivity contribution in [1.29, 1.82) is 0 Å². The van der Waals surface area contributed by atoms with E-state index in [2.05, 4.69) is 19.7 Å². The number of ketones is 1. The quantitative estimate of drug-likeness (QED) is 0.0278. The monoisotopic (exact) mass is 1080 g/mol. The van der Waals surface area contributed by atoms with Crippen molar-refractivity contribution in [3.05, 3.63) is 192 Å². The first-order valence-corrected chi connectivity index (χ1v) is 25.1. The maximum atomic E-state index is 14.5. The maximum absolute atomic E-state index is 14.5. The van der Waals surface area contributed by atoms with Gasteiger partial charge in [-0.25, -0.2) is 33.9 Å². The predicted octanol–water partition coefficient (Wildman–Crippen LogP) is 8.98. The van der Waals surface area contributed by atoms with E-state index in [1.165, 1.54) is 69.3 Å². The third kappa shape index (κ3) is 9.84. The van der Waals surface area contributed by atoms with Crippen LogP contribution in [-0.2, 0) is 33.3 Å². The Hall–Kier alpha value is -9.71. The van der Waals surface area contributed by atoms with E-state index in [1.807, 2.05) is 33.8 Å². The SMILES string of the molecule is C=C(C)C(=O)OCC(COC(=O)C(=C)C)(COC(=O)C(=C)C)COC(=O)c1ccc2c(c1)C(=O)N(c1c(C)cc(C)c(N3C(=O)c4ccc(C(=O)c5ccc6c(c5)C(=O)N(c5c(C)cc(C)c(C)c5C)C6=O)cc4C3=O)c1C)C2=O. The molecule has 0 spiro atoms. The first kappa shape index (κ1) is 56.5. The minimum absolute atomic E-state index is 0.0152. The highest BCUT2D eigenvalue weighted by Gasteiger charge is 2.45. The third-order valence-electron chi connectivity index (χ3n) is 14.4. The number of aryl methyl sites for hydroxylation is 4. The van der Waals surface area contributed by atoms with Gasteiger partial charge in [0.1, 0.15) is 31.8 Å². The Bertz CT molecular complexity index is 3690. The molecule has 3 aliphatic heterocycles. The first-order valence-electron chi connectivity index (χ1n) is 25.1. The fourth-order valence-corrected chi connectivity index (χ4v) is 9.95. The third-order valence-corrected chi connectivity index (χ3v) is 14.4. The predicted molar refractivity (Wildman–Crippen MR) is 292 cm³/mol. The van der Waals surface area contributed by atoms with Gasteiger partial charge in [0, 0.05) is 27.8 Å². The van der Waals surface area contributed by atoms with Crippen LogP contribution in [0.2, 0.25) is 0 Å². The Kier molecular flexibility index (Phi) is 15.0. The molecule has 0 saturated carbocycles. The van der Waals surface area contributed by atoms with Gasteiger partial charge in [-0.3, -0.25) is 33.6 Å². The largest absolute Gasteiger partial charge is 0.461 e. The molecule has 3 aliphatic rings. The zero-order chi connectivity index (χ0) is 58.7. The maximum Gasteiger partial charge on any atom is 0.338 e. The molecule has 0 unspecified atom stereocenters. The Morgan fingerprint density at radius 2 is 0.688 bits per heavy atom. The van der Waals surface area contributed by atoms with Gasteiger partial charge in [0.05, 0.1) is 56.0 Å². The van der Waals surface area contributed by atoms with Gasteiger partial charge in [-0.15, -0.1) is 0 Å². The number of esters is 4. The van der Waals surface area contributed by atoms with Gasteiger partial charge >= 0.3 is 23.9 Å². The Labute approximate surface area is 460 Å². The molecule has 5 aromatic rings. The summed E-state index contributed by atoms with van der Waals surface area (Å²) in [6.07, 6.45) is 0. The van der Waals surface area contributed by atoms with Crippen molar-refractivity contribution in [2.45, 2.75) is 69.2 Å². The summed E-state index contributed by atoms with van der Waals surface area (Å²) in [5, 5.41) is 0. The summed E-state index contributed by atoms with van der Waals surface area (Å²) >= 11 is 0. The zero-order valence-corrected chi connectivity index (χ0v) is 45.8. The van der Waals surface area contributed by atoms with E-state index in [0.29, 0.717) is 16.8 Å². The first-order chi connectivity index (χ1) is 37.6. The number of amides is 6. The average Bonchev–Trinajstić information content (AvgIpc) is 3.94. The number of fused-ring (bicyclic) bond motifs is 3. The topological polar surface area (TPSA) is 234 Å². The van der Waals surface area contributed by atoms with Gasteiger partial charge in [-0.2, -0.15) is 0 Å². The highest BCUT2D eigenvalue weighted by atomic mass is 16.6. The van der Waals surface area contributed by atoms with Gasteiger partial charge in [-0.05, 0) is 151 Å². The number of benzene rings is 5. The van der Waals surface area contributed by atoms with Crippen molar-refractivity contribution in [2.75, 3.05) is 41.1 Å². The number of rotatable bonds is 17. The number of imide groups is 3. The lowest BCUT2D eigenvalue weighted by molar-refractivity contribution is -0.160. The Balaban J connectivity index is 1.04. The van der Waals surface area contributed by atoms with Crippen LogP contribution in [0, 0.1) is 53.9 Å². The van der Waals surface area contributed by atoms with Gasteiger partial charge in [-0.1, -0.05) is 44.0 Å². The summed E-state index contributed by atoms with van der Waals surface area (Å²) in [6, 6.07) is 15.4. The van der Waals surface area contributed by atoms with Crippen LogP contribution < -0.4 is 14.7 Å². The molecule has 0 atom stereocenters. The summed E-state index contributed by atoms with van der Waals surface area (Å²) in [5.74, 6) is -8.45. The van der Waals surface area contributed by atoms with Crippen LogP contribution in [0.1, 0.15) is 148 Å². The summed E-state index contributed by atoms with van der Waals surface area (Å²) in [5.41, 5.74) is 3.11. The van der Waals surface area contributed by atoms with E-state index in [9.17, 15) is 52.7 Å². The van der Waals surface area contributed by atoms with Crippen LogP contribution in [0.25, 0.3) is 0 Å². The van der Waals surface area contributed by atoms with Crippen LogP contribution in [0.15, 0.2) is 103 Å². The molecule has 5 aromatic carbocycles. The molecule has 6 amide bonds. The van der Waals surface area contributed by atoms with Gasteiger partial charge in [0.2, 0.25) is 0 Å². The average molecular weight is 1080 g/mol. The standard InChI is InChI=1S/C62H55N3O15/c1-29(2)58(73)77-25-62(26-78-59(74)30(3)4,27-79-60(75)31(5)6)28-80-61(76)41-16-19-44-47(24-41)57(72)65(54(44)69)50-35(10)21-34(9)49(38(50)13)64-53(68)43-18-15-40(23-46(43)56(64)71)51(66)39-14-17-42-45(22-39)55(70)63(52(42)67)48-33(8)20-32(7)36(11)37(48)12/h14-24H,1,3,5,25-28H2,2,4,6-13H3. The number of ether oxygens (including phenoxy) is 4. The summed E-state index contributed by atoms with van der Waals surface area (Å²) in [7, 11) is 0. The molecule has 80 heavy (non-hydrogen) atoms. The van der Waals surface area contributed by atoms with Crippen LogP contribution in [0.4, 0.5) is 17.1 Å². The highest BCUT2D eigenvalue weighted by Crippen LogP contribution is 2.43. The molecule has 0 fully saturated rings. The number of carbonyl (C=O) groups excluding carboxylic acids is 11. The smallest absolute Gasteiger partial charge is 0.338 e. The fraction of sp³-hybridized carbons (Fsp3) is 0.242. The van der Waals surface area contributed by atoms with Crippen LogP contribution in [0.5, 0.6) is 0 Å². The molecule has 0 N–H and O–H groups in total. The fourth-order valence-electron chi connectivity index (χ4n) is 9.95. The number of hydrogen-bond acceptors (Lipinski definition) is 15. The van der Waals surface area contributed by atoms with E-state index in [4.69, 9.17) is 18.9 Å². The molecule has 3 heterocycles. The van der Waals surface area contributed by atoms with Gasteiger partial charge in [0.15, 0.2) is 5.78 Å². The highest BCUT2D eigenvalue weighted by molar-refractivity contribution is 6.38. The second-order valence-electron chi connectivity index (χ2n) is 20.5. The lowest BCUT2D eigenvalue weighted by Gasteiger charge is -2.31. The molecule has 8 rings (SSSR count). The molecule has 18 nitrogen and oxygen atoms in total. The summed E-state index contributed by atoms with van der Waals surface area (Å²) in [4.78, 5) is 154. The minimum Gasteiger partial charge on any atom is -0.461 e. The van der Waals surface area contributed by atoms with Crippen molar-refractivity contribution in [1.82, 2.24) is 0 Å². The molecule has 0 bridgehead atoms. The minimum atomic E-state index is -1.69. The Morgan fingerprint density at radius 1 is 0.388 bits per heavy atom. The molecule has 408 valence electrons. The van der Waals surface area contributed by atoms with Gasteiger partial charge in [0.25, 0.3) is 35.4 Å². The number of hydrogen-bond donors (Lipinski definition) is 0. The van der Waals surface area contributed by atoms with Gasteiger partial charge < -0.3 is 18.9 Å². The molecular formula is C62H55N3O15. The summed E-state index contributed by atoms with van der Waals surface area (Å²) in [6.45, 7) is 24.7. The van der Waals surface area contributed by atoms with E-state index in [1.54, 1.807) is 26.8 Å². The van der Waals surface area contributed by atoms with Crippen molar-refractivity contribution in [2.24, 2.45) is 5.41 Å². The van der Waals surface area contributed by atoms with Crippen molar-refractivity contribution in [3.63, 3.8) is 0 Å². The van der Waals surface area contributed by atoms with Crippen molar-refractivity contribution < 1.29 is 71.7 Å². The van der Waals surface area contributed by atoms with E-state index < -0.39 is 96.9 Å².